The highest BCUT2D eigenvalue weighted by Gasteiger charge is 2.17. The predicted molar refractivity (Wildman–Crippen MR) is 37.1 cm³/mol. The Hall–Kier alpha value is -1.10. The Kier molecular flexibility index (Phi) is 2.65. The maximum absolute atomic E-state index is 12.4. The van der Waals surface area contributed by atoms with Crippen LogP contribution < -0.4 is 5.73 Å². The van der Waals surface area contributed by atoms with Crippen molar-refractivity contribution in [1.82, 2.24) is 4.98 Å². The Labute approximate surface area is 67.2 Å². The summed E-state index contributed by atoms with van der Waals surface area (Å²) in [5.74, 6) is -0.663. The van der Waals surface area contributed by atoms with Gasteiger partial charge in [-0.05, 0) is 11.6 Å². The molecule has 12 heavy (non-hydrogen) atoms. The van der Waals surface area contributed by atoms with E-state index in [1.807, 2.05) is 0 Å². The zero-order valence-electron chi connectivity index (χ0n) is 6.05. The first-order valence-corrected chi connectivity index (χ1v) is 3.25. The Morgan fingerprint density at radius 3 is 2.50 bits per heavy atom. The molecule has 2 N–H and O–H groups in total. The van der Waals surface area contributed by atoms with Crippen LogP contribution in [0.1, 0.15) is 11.6 Å². The highest BCUT2D eigenvalue weighted by Crippen LogP contribution is 2.16. The first kappa shape index (κ1) is 8.99. The molecular formula is C7H7F3N2. The van der Waals surface area contributed by atoms with Gasteiger partial charge in [0.05, 0.1) is 12.2 Å². The van der Waals surface area contributed by atoms with Crippen molar-refractivity contribution in [1.29, 1.82) is 0 Å². The average molecular weight is 176 g/mol. The summed E-state index contributed by atoms with van der Waals surface area (Å²) >= 11 is 0. The molecule has 0 aromatic carbocycles. The monoisotopic (exact) mass is 176 g/mol. The van der Waals surface area contributed by atoms with Gasteiger partial charge in [0, 0.05) is 6.20 Å². The van der Waals surface area contributed by atoms with Crippen molar-refractivity contribution in [3.8, 4) is 0 Å². The summed E-state index contributed by atoms with van der Waals surface area (Å²) in [6, 6.07) is -0.516. The summed E-state index contributed by atoms with van der Waals surface area (Å²) in [4.78, 5) is 3.40. The number of alkyl halides is 2. The number of nitrogens with zero attached hydrogens (tertiary/aromatic N) is 1. The van der Waals surface area contributed by atoms with E-state index in [0.29, 0.717) is 0 Å². The van der Waals surface area contributed by atoms with Gasteiger partial charge in [-0.25, -0.2) is 13.2 Å². The minimum atomic E-state index is -2.70. The highest BCUT2D eigenvalue weighted by molar-refractivity contribution is 5.14. The van der Waals surface area contributed by atoms with Crippen LogP contribution in [0.2, 0.25) is 0 Å². The Bertz CT molecular complexity index is 265. The van der Waals surface area contributed by atoms with E-state index in [1.54, 1.807) is 0 Å². The lowest BCUT2D eigenvalue weighted by Gasteiger charge is -2.09. The first-order chi connectivity index (χ1) is 5.61. The van der Waals surface area contributed by atoms with Gasteiger partial charge in [0.2, 0.25) is 0 Å². The third-order valence-corrected chi connectivity index (χ3v) is 1.38. The zero-order chi connectivity index (χ0) is 9.14. The lowest BCUT2D eigenvalue weighted by atomic mass is 10.1. The number of rotatable bonds is 2. The van der Waals surface area contributed by atoms with Gasteiger partial charge in [-0.15, -0.1) is 0 Å². The van der Waals surface area contributed by atoms with Crippen LogP contribution in [0.25, 0.3) is 0 Å². The number of halogens is 3. The fraction of sp³-hybridized carbons (Fsp3) is 0.286. The highest BCUT2D eigenvalue weighted by atomic mass is 19.3. The summed E-state index contributed by atoms with van der Waals surface area (Å²) in [5, 5.41) is 0. The van der Waals surface area contributed by atoms with E-state index in [0.717, 1.165) is 18.5 Å². The molecule has 0 aliphatic carbocycles. The maximum atomic E-state index is 12.4. The maximum Gasteiger partial charge on any atom is 0.257 e. The van der Waals surface area contributed by atoms with E-state index >= 15 is 0 Å². The van der Waals surface area contributed by atoms with E-state index in [-0.39, 0.29) is 5.56 Å². The minimum absolute atomic E-state index is 0.00463. The van der Waals surface area contributed by atoms with Gasteiger partial charge >= 0.3 is 0 Å². The standard InChI is InChI=1S/C7H7F3N2/c8-5-1-4(2-12-3-5)6(11)7(9)10/h1-3,6-7H,11H2. The summed E-state index contributed by atoms with van der Waals surface area (Å²) in [6.07, 6.45) is -0.643. The molecule has 0 spiro atoms. The Balaban J connectivity index is 2.88. The summed E-state index contributed by atoms with van der Waals surface area (Å²) < 4.78 is 36.4. The van der Waals surface area contributed by atoms with Crippen LogP contribution in [-0.4, -0.2) is 11.4 Å². The van der Waals surface area contributed by atoms with Crippen molar-refractivity contribution in [3.63, 3.8) is 0 Å². The molecule has 66 valence electrons. The second-order valence-corrected chi connectivity index (χ2v) is 2.30. The quantitative estimate of drug-likeness (QED) is 0.741. The molecule has 0 radical (unpaired) electrons. The molecule has 1 rings (SSSR count). The molecule has 1 heterocycles. The van der Waals surface area contributed by atoms with Crippen LogP contribution in [0.3, 0.4) is 0 Å². The fourth-order valence-corrected chi connectivity index (χ4v) is 0.756. The zero-order valence-corrected chi connectivity index (χ0v) is 6.05. The fourth-order valence-electron chi connectivity index (χ4n) is 0.756. The molecule has 2 nitrogen and oxygen atoms in total. The number of hydrogen-bond donors (Lipinski definition) is 1. The van der Waals surface area contributed by atoms with Crippen LogP contribution in [0, 0.1) is 5.82 Å². The molecule has 0 bridgehead atoms. The Morgan fingerprint density at radius 1 is 1.33 bits per heavy atom. The van der Waals surface area contributed by atoms with Gasteiger partial charge in [-0.1, -0.05) is 0 Å². The van der Waals surface area contributed by atoms with Crippen LogP contribution in [0.5, 0.6) is 0 Å². The van der Waals surface area contributed by atoms with E-state index in [1.165, 1.54) is 0 Å². The molecule has 0 fully saturated rings. The van der Waals surface area contributed by atoms with Crippen molar-refractivity contribution in [3.05, 3.63) is 29.8 Å². The van der Waals surface area contributed by atoms with Crippen LogP contribution in [-0.2, 0) is 0 Å². The molecular weight excluding hydrogens is 169 g/mol. The van der Waals surface area contributed by atoms with E-state index in [2.05, 4.69) is 4.98 Å². The molecule has 0 aliphatic rings. The van der Waals surface area contributed by atoms with Crippen LogP contribution in [0.4, 0.5) is 13.2 Å². The SMILES string of the molecule is NC(c1cncc(F)c1)C(F)F. The van der Waals surface area contributed by atoms with Crippen molar-refractivity contribution >= 4 is 0 Å². The van der Waals surface area contributed by atoms with Gasteiger partial charge in [-0.2, -0.15) is 0 Å². The van der Waals surface area contributed by atoms with Gasteiger partial charge in [0.15, 0.2) is 0 Å². The topological polar surface area (TPSA) is 38.9 Å². The van der Waals surface area contributed by atoms with Gasteiger partial charge in [-0.3, -0.25) is 4.98 Å². The molecule has 1 unspecified atom stereocenters. The third kappa shape index (κ3) is 1.94. The van der Waals surface area contributed by atoms with Crippen molar-refractivity contribution in [2.75, 3.05) is 0 Å². The van der Waals surface area contributed by atoms with Crippen LogP contribution in [0.15, 0.2) is 18.5 Å². The summed E-state index contributed by atoms with van der Waals surface area (Å²) in [6.45, 7) is 0. The number of hydrogen-bond acceptors (Lipinski definition) is 2. The molecule has 1 aromatic heterocycles. The number of pyridine rings is 1. The second-order valence-electron chi connectivity index (χ2n) is 2.30. The normalized spacial score (nSPS) is 13.4. The summed E-state index contributed by atoms with van der Waals surface area (Å²) in [7, 11) is 0. The van der Waals surface area contributed by atoms with Gasteiger partial charge in [0.1, 0.15) is 5.82 Å². The van der Waals surface area contributed by atoms with Crippen molar-refractivity contribution < 1.29 is 13.2 Å². The molecule has 5 heteroatoms. The van der Waals surface area contributed by atoms with Crippen molar-refractivity contribution in [2.45, 2.75) is 12.5 Å². The third-order valence-electron chi connectivity index (χ3n) is 1.38. The van der Waals surface area contributed by atoms with Gasteiger partial charge < -0.3 is 5.73 Å². The minimum Gasteiger partial charge on any atom is -0.319 e. The smallest absolute Gasteiger partial charge is 0.257 e. The van der Waals surface area contributed by atoms with Crippen LogP contribution >= 0.6 is 0 Å². The predicted octanol–water partition coefficient (Wildman–Crippen LogP) is 1.49. The average Bonchev–Trinajstić information content (AvgIpc) is 2.03. The molecule has 1 atom stereocenters. The Morgan fingerprint density at radius 2 is 2.00 bits per heavy atom. The lowest BCUT2D eigenvalue weighted by molar-refractivity contribution is 0.116. The van der Waals surface area contributed by atoms with Gasteiger partial charge in [0.25, 0.3) is 6.43 Å². The molecule has 1 aromatic rings. The van der Waals surface area contributed by atoms with E-state index < -0.39 is 18.3 Å². The first-order valence-electron chi connectivity index (χ1n) is 3.25. The number of nitrogens with two attached hydrogens (primary N) is 1. The molecule has 0 saturated carbocycles. The molecule has 0 saturated heterocycles. The summed E-state index contributed by atoms with van der Waals surface area (Å²) in [5.41, 5.74) is 5.05. The van der Waals surface area contributed by atoms with E-state index in [9.17, 15) is 13.2 Å². The second kappa shape index (κ2) is 3.53. The largest absolute Gasteiger partial charge is 0.319 e. The molecule has 0 aliphatic heterocycles. The van der Waals surface area contributed by atoms with Crippen molar-refractivity contribution in [2.24, 2.45) is 5.73 Å². The van der Waals surface area contributed by atoms with E-state index in [4.69, 9.17) is 5.73 Å². The number of aromatic nitrogens is 1. The lowest BCUT2D eigenvalue weighted by Crippen LogP contribution is -2.19. The molecule has 0 amide bonds.